The fraction of sp³-hybridized carbons (Fsp3) is 0.667. The number of hydrogen-bond donors (Lipinski definition) is 0. The molecule has 0 radical (unpaired) electrons. The normalized spacial score (nSPS) is 9.50. The average molecular weight is 280 g/mol. The minimum Gasteiger partial charge on any atom is -1.00 e. The zero-order valence-corrected chi connectivity index (χ0v) is 9.99. The van der Waals surface area contributed by atoms with Crippen molar-refractivity contribution in [2.24, 2.45) is 0 Å². The molecule has 0 atom stereocenters. The highest BCUT2D eigenvalue weighted by Gasteiger charge is 1.99. The van der Waals surface area contributed by atoms with E-state index < -0.39 is 0 Å². The first-order valence-corrected chi connectivity index (χ1v) is 4.41. The number of aromatic nitrogens is 2. The molecule has 0 saturated carbocycles. The molecule has 1 rings (SSSR count). The number of nitrogens with zero attached hydrogens (tertiary/aromatic N) is 2. The SMILES string of the molecule is CCCn1cc[n+](CCC)c1.[I-]. The Morgan fingerprint density at radius 1 is 1.25 bits per heavy atom. The predicted octanol–water partition coefficient (Wildman–Crippen LogP) is -1.40. The maximum absolute atomic E-state index is 2.23. The first-order chi connectivity index (χ1) is 5.36. The molecule has 0 aliphatic carbocycles. The van der Waals surface area contributed by atoms with Gasteiger partial charge in [-0.3, -0.25) is 0 Å². The Morgan fingerprint density at radius 2 is 2.00 bits per heavy atom. The van der Waals surface area contributed by atoms with Gasteiger partial charge < -0.3 is 24.0 Å². The third-order valence-electron chi connectivity index (χ3n) is 1.71. The van der Waals surface area contributed by atoms with Crippen LogP contribution >= 0.6 is 0 Å². The van der Waals surface area contributed by atoms with Crippen LogP contribution < -0.4 is 28.5 Å². The number of halogens is 1. The Bertz CT molecular complexity index is 188. The largest absolute Gasteiger partial charge is 1.00 e. The molecule has 0 spiro atoms. The van der Waals surface area contributed by atoms with Crippen LogP contribution in [0.15, 0.2) is 18.7 Å². The van der Waals surface area contributed by atoms with Gasteiger partial charge in [0.05, 0.1) is 13.1 Å². The minimum absolute atomic E-state index is 0. The smallest absolute Gasteiger partial charge is 0.243 e. The van der Waals surface area contributed by atoms with Crippen LogP contribution in [0.25, 0.3) is 0 Å². The quantitative estimate of drug-likeness (QED) is 0.474. The van der Waals surface area contributed by atoms with Crippen molar-refractivity contribution in [2.45, 2.75) is 39.8 Å². The zero-order chi connectivity index (χ0) is 8.10. The summed E-state index contributed by atoms with van der Waals surface area (Å²) in [5, 5.41) is 0. The molecule has 1 aromatic rings. The molecule has 0 unspecified atom stereocenters. The van der Waals surface area contributed by atoms with Crippen LogP contribution in [0.2, 0.25) is 0 Å². The van der Waals surface area contributed by atoms with Gasteiger partial charge in [0.15, 0.2) is 0 Å². The van der Waals surface area contributed by atoms with Crippen molar-refractivity contribution in [1.29, 1.82) is 0 Å². The topological polar surface area (TPSA) is 8.81 Å². The van der Waals surface area contributed by atoms with E-state index in [0.29, 0.717) is 0 Å². The minimum atomic E-state index is 0. The standard InChI is InChI=1S/C9H17N2.HI/c1-3-5-10-7-8-11(9-10)6-4-2;/h7-9H,3-6H2,1-2H3;1H/q+1;/p-1. The van der Waals surface area contributed by atoms with Gasteiger partial charge in [0.1, 0.15) is 12.4 Å². The highest BCUT2D eigenvalue weighted by atomic mass is 127. The number of hydrogen-bond acceptors (Lipinski definition) is 0. The molecule has 12 heavy (non-hydrogen) atoms. The van der Waals surface area contributed by atoms with E-state index in [1.54, 1.807) is 0 Å². The van der Waals surface area contributed by atoms with Crippen LogP contribution in [0.5, 0.6) is 0 Å². The van der Waals surface area contributed by atoms with E-state index in [-0.39, 0.29) is 24.0 Å². The maximum atomic E-state index is 2.23. The van der Waals surface area contributed by atoms with E-state index in [2.05, 4.69) is 41.7 Å². The summed E-state index contributed by atoms with van der Waals surface area (Å²) in [6.45, 7) is 6.67. The van der Waals surface area contributed by atoms with Crippen LogP contribution in [0.3, 0.4) is 0 Å². The van der Waals surface area contributed by atoms with E-state index in [4.69, 9.17) is 0 Å². The van der Waals surface area contributed by atoms with Crippen molar-refractivity contribution in [3.8, 4) is 0 Å². The lowest BCUT2D eigenvalue weighted by Gasteiger charge is -1.90. The Hall–Kier alpha value is -0.0600. The molecule has 2 nitrogen and oxygen atoms in total. The summed E-state index contributed by atoms with van der Waals surface area (Å²) in [4.78, 5) is 0. The van der Waals surface area contributed by atoms with Crippen LogP contribution in [-0.4, -0.2) is 4.57 Å². The number of aryl methyl sites for hydroxylation is 2. The average Bonchev–Trinajstić information content (AvgIpc) is 2.38. The number of rotatable bonds is 4. The first-order valence-electron chi connectivity index (χ1n) is 4.41. The van der Waals surface area contributed by atoms with E-state index in [0.717, 1.165) is 13.1 Å². The van der Waals surface area contributed by atoms with Gasteiger partial charge in [-0.1, -0.05) is 13.8 Å². The van der Waals surface area contributed by atoms with Crippen molar-refractivity contribution in [1.82, 2.24) is 4.57 Å². The molecule has 3 heteroatoms. The van der Waals surface area contributed by atoms with Crippen molar-refractivity contribution < 1.29 is 28.5 Å². The van der Waals surface area contributed by atoms with Gasteiger partial charge in [0.25, 0.3) is 0 Å². The van der Waals surface area contributed by atoms with Gasteiger partial charge in [0.2, 0.25) is 6.33 Å². The van der Waals surface area contributed by atoms with Crippen molar-refractivity contribution >= 4 is 0 Å². The third kappa shape index (κ3) is 3.56. The molecule has 1 aromatic heterocycles. The van der Waals surface area contributed by atoms with E-state index in [9.17, 15) is 0 Å². The lowest BCUT2D eigenvalue weighted by Crippen LogP contribution is -3.00. The summed E-state index contributed by atoms with van der Waals surface area (Å²) < 4.78 is 4.46. The van der Waals surface area contributed by atoms with E-state index in [1.165, 1.54) is 12.8 Å². The monoisotopic (exact) mass is 280 g/mol. The van der Waals surface area contributed by atoms with Gasteiger partial charge in [-0.15, -0.1) is 0 Å². The molecule has 0 aliphatic rings. The highest BCUT2D eigenvalue weighted by Crippen LogP contribution is 1.88. The van der Waals surface area contributed by atoms with Crippen LogP contribution in [0.1, 0.15) is 26.7 Å². The van der Waals surface area contributed by atoms with Crippen LogP contribution in [0.4, 0.5) is 0 Å². The van der Waals surface area contributed by atoms with Crippen LogP contribution in [-0.2, 0) is 13.1 Å². The molecule has 0 saturated heterocycles. The second-order valence-electron chi connectivity index (χ2n) is 2.89. The summed E-state index contributed by atoms with van der Waals surface area (Å²) in [7, 11) is 0. The summed E-state index contributed by atoms with van der Waals surface area (Å²) in [5.41, 5.74) is 0. The van der Waals surface area contributed by atoms with Crippen molar-refractivity contribution in [3.63, 3.8) is 0 Å². The summed E-state index contributed by atoms with van der Waals surface area (Å²) in [6.07, 6.45) is 8.87. The molecule has 0 aliphatic heterocycles. The van der Waals surface area contributed by atoms with Crippen molar-refractivity contribution in [3.05, 3.63) is 18.7 Å². The lowest BCUT2D eigenvalue weighted by molar-refractivity contribution is -0.696. The molecular formula is C9H17IN2. The molecule has 0 fully saturated rings. The molecule has 70 valence electrons. The molecule has 0 N–H and O–H groups in total. The number of imidazole rings is 1. The fourth-order valence-electron chi connectivity index (χ4n) is 1.22. The van der Waals surface area contributed by atoms with Gasteiger partial charge >= 0.3 is 0 Å². The summed E-state index contributed by atoms with van der Waals surface area (Å²) in [5.74, 6) is 0. The van der Waals surface area contributed by atoms with Gasteiger partial charge in [-0.2, -0.15) is 0 Å². The molecule has 0 amide bonds. The fourth-order valence-corrected chi connectivity index (χ4v) is 1.22. The van der Waals surface area contributed by atoms with Gasteiger partial charge in [0, 0.05) is 0 Å². The third-order valence-corrected chi connectivity index (χ3v) is 1.71. The Morgan fingerprint density at radius 3 is 2.58 bits per heavy atom. The summed E-state index contributed by atoms with van der Waals surface area (Å²) in [6, 6.07) is 0. The second kappa shape index (κ2) is 6.46. The van der Waals surface area contributed by atoms with Crippen LogP contribution in [0, 0.1) is 0 Å². The second-order valence-corrected chi connectivity index (χ2v) is 2.89. The maximum Gasteiger partial charge on any atom is 0.243 e. The van der Waals surface area contributed by atoms with Gasteiger partial charge in [-0.25, -0.2) is 9.13 Å². The molecule has 0 aromatic carbocycles. The summed E-state index contributed by atoms with van der Waals surface area (Å²) >= 11 is 0. The van der Waals surface area contributed by atoms with Gasteiger partial charge in [-0.05, 0) is 12.8 Å². The zero-order valence-electron chi connectivity index (χ0n) is 7.83. The first kappa shape index (κ1) is 11.9. The molecular weight excluding hydrogens is 263 g/mol. The van der Waals surface area contributed by atoms with E-state index >= 15 is 0 Å². The molecule has 1 heterocycles. The van der Waals surface area contributed by atoms with Crippen molar-refractivity contribution in [2.75, 3.05) is 0 Å². The Labute approximate surface area is 91.6 Å². The molecule has 0 bridgehead atoms. The predicted molar refractivity (Wildman–Crippen MR) is 45.2 cm³/mol. The Kier molecular flexibility index (Phi) is 6.42. The highest BCUT2D eigenvalue weighted by molar-refractivity contribution is 4.65. The lowest BCUT2D eigenvalue weighted by atomic mass is 10.5. The van der Waals surface area contributed by atoms with E-state index in [1.807, 2.05) is 0 Å². The Balaban J connectivity index is 0.00000121.